The van der Waals surface area contributed by atoms with Gasteiger partial charge in [0.1, 0.15) is 18.1 Å². The van der Waals surface area contributed by atoms with Gasteiger partial charge in [0.2, 0.25) is 17.7 Å². The Morgan fingerprint density at radius 3 is 2.21 bits per heavy atom. The van der Waals surface area contributed by atoms with E-state index in [1.54, 1.807) is 13.8 Å². The second-order valence-corrected chi connectivity index (χ2v) is 7.69. The van der Waals surface area contributed by atoms with E-state index >= 15 is 0 Å². The molecule has 0 bridgehead atoms. The van der Waals surface area contributed by atoms with E-state index in [0.717, 1.165) is 6.42 Å². The molecule has 166 valence electrons. The van der Waals surface area contributed by atoms with Crippen LogP contribution in [0.4, 0.5) is 0 Å². The zero-order valence-electron chi connectivity index (χ0n) is 17.0. The molecular formula is C18H32N4O6S. The molecular weight excluding hydrogens is 400 g/mol. The van der Waals surface area contributed by atoms with Crippen molar-refractivity contribution in [3.8, 4) is 0 Å². The van der Waals surface area contributed by atoms with Crippen LogP contribution in [0.5, 0.6) is 0 Å². The zero-order chi connectivity index (χ0) is 22.1. The van der Waals surface area contributed by atoms with E-state index in [1.165, 1.54) is 6.92 Å². The average Bonchev–Trinajstić information content (AvgIpc) is 3.21. The summed E-state index contributed by atoms with van der Waals surface area (Å²) in [4.78, 5) is 48.7. The third-order valence-electron chi connectivity index (χ3n) is 5.03. The minimum absolute atomic E-state index is 0.0882. The molecule has 6 N–H and O–H groups in total. The normalized spacial score (nSPS) is 21.3. The average molecular weight is 433 g/mol. The minimum atomic E-state index is -1.26. The first kappa shape index (κ1) is 25.2. The summed E-state index contributed by atoms with van der Waals surface area (Å²) in [6, 6.07) is -3.92. The predicted molar refractivity (Wildman–Crippen MR) is 109 cm³/mol. The number of hydrogen-bond donors (Lipinski definition) is 7. The molecule has 11 heteroatoms. The summed E-state index contributed by atoms with van der Waals surface area (Å²) in [5.41, 5.74) is 0. The summed E-state index contributed by atoms with van der Waals surface area (Å²) >= 11 is 4.06. The van der Waals surface area contributed by atoms with Crippen LogP contribution in [-0.4, -0.2) is 76.5 Å². The summed E-state index contributed by atoms with van der Waals surface area (Å²) in [6.45, 7) is 5.56. The van der Waals surface area contributed by atoms with Crippen LogP contribution in [-0.2, 0) is 19.2 Å². The number of carboxylic acid groups (broad SMARTS) is 1. The molecule has 6 unspecified atom stereocenters. The van der Waals surface area contributed by atoms with Gasteiger partial charge in [0.05, 0.1) is 12.1 Å². The molecule has 1 aliphatic heterocycles. The Morgan fingerprint density at radius 1 is 1.10 bits per heavy atom. The maximum atomic E-state index is 12.6. The lowest BCUT2D eigenvalue weighted by Crippen LogP contribution is -2.60. The van der Waals surface area contributed by atoms with Crippen molar-refractivity contribution in [1.29, 1.82) is 0 Å². The van der Waals surface area contributed by atoms with Gasteiger partial charge in [-0.2, -0.15) is 12.6 Å². The van der Waals surface area contributed by atoms with Crippen LogP contribution in [0.25, 0.3) is 0 Å². The molecule has 1 saturated heterocycles. The van der Waals surface area contributed by atoms with Crippen LogP contribution in [0, 0.1) is 5.92 Å². The summed E-state index contributed by atoms with van der Waals surface area (Å²) < 4.78 is 0. The number of aliphatic carboxylic acids is 1. The molecule has 29 heavy (non-hydrogen) atoms. The SMILES string of the molecule is CCC(C)C(NC(=O)C(CS)NC(=O)C(NC(=O)C1CCCN1)C(C)O)C(=O)O. The molecule has 0 aromatic rings. The number of aliphatic hydroxyl groups is 1. The lowest BCUT2D eigenvalue weighted by Gasteiger charge is -2.26. The number of thiol groups is 1. The fourth-order valence-corrected chi connectivity index (χ4v) is 3.22. The summed E-state index contributed by atoms with van der Waals surface area (Å²) in [5, 5.41) is 29.6. The highest BCUT2D eigenvalue weighted by Gasteiger charge is 2.33. The Balaban J connectivity index is 2.77. The number of carbonyl (C=O) groups excluding carboxylic acids is 3. The highest BCUT2D eigenvalue weighted by Crippen LogP contribution is 2.09. The third kappa shape index (κ3) is 7.48. The molecule has 1 rings (SSSR count). The van der Waals surface area contributed by atoms with Gasteiger partial charge in [0, 0.05) is 5.75 Å². The van der Waals surface area contributed by atoms with E-state index in [0.29, 0.717) is 19.4 Å². The van der Waals surface area contributed by atoms with Crippen molar-refractivity contribution in [3.63, 3.8) is 0 Å². The van der Waals surface area contributed by atoms with Gasteiger partial charge in [-0.15, -0.1) is 0 Å². The van der Waals surface area contributed by atoms with Crippen LogP contribution in [0.1, 0.15) is 40.0 Å². The van der Waals surface area contributed by atoms with Gasteiger partial charge < -0.3 is 31.5 Å². The molecule has 0 spiro atoms. The number of rotatable bonds is 11. The first-order valence-corrected chi connectivity index (χ1v) is 10.4. The molecule has 3 amide bonds. The highest BCUT2D eigenvalue weighted by atomic mass is 32.1. The van der Waals surface area contributed by atoms with Crippen molar-refractivity contribution < 1.29 is 29.4 Å². The second-order valence-electron chi connectivity index (χ2n) is 7.33. The standard InChI is InChI=1S/C18H32N4O6S/c1-4-9(2)13(18(27)28)21-16(25)12(8-29)20-17(26)14(10(3)23)22-15(24)11-6-5-7-19-11/h9-14,19,23,29H,4-8H2,1-3H3,(H,20,26)(H,21,25)(H,22,24)(H,27,28). The van der Waals surface area contributed by atoms with E-state index in [2.05, 4.69) is 33.9 Å². The van der Waals surface area contributed by atoms with Gasteiger partial charge in [-0.3, -0.25) is 14.4 Å². The van der Waals surface area contributed by atoms with E-state index in [1.807, 2.05) is 0 Å². The van der Waals surface area contributed by atoms with Gasteiger partial charge in [0.15, 0.2) is 0 Å². The van der Waals surface area contributed by atoms with E-state index in [4.69, 9.17) is 0 Å². The molecule has 1 fully saturated rings. The van der Waals surface area contributed by atoms with Gasteiger partial charge in [-0.25, -0.2) is 4.79 Å². The van der Waals surface area contributed by atoms with Gasteiger partial charge in [-0.05, 0) is 32.2 Å². The highest BCUT2D eigenvalue weighted by molar-refractivity contribution is 7.80. The Hall–Kier alpha value is -1.85. The first-order chi connectivity index (χ1) is 13.6. The maximum absolute atomic E-state index is 12.6. The van der Waals surface area contributed by atoms with Crippen molar-refractivity contribution in [1.82, 2.24) is 21.3 Å². The molecule has 6 atom stereocenters. The third-order valence-corrected chi connectivity index (χ3v) is 5.40. The van der Waals surface area contributed by atoms with Crippen LogP contribution >= 0.6 is 12.6 Å². The topological polar surface area (TPSA) is 157 Å². The van der Waals surface area contributed by atoms with Crippen LogP contribution in [0.2, 0.25) is 0 Å². The molecule has 0 aromatic heterocycles. The Labute approximate surface area is 176 Å². The number of carbonyl (C=O) groups is 4. The van der Waals surface area contributed by atoms with Crippen molar-refractivity contribution in [2.24, 2.45) is 5.92 Å². The van der Waals surface area contributed by atoms with Crippen molar-refractivity contribution in [2.75, 3.05) is 12.3 Å². The first-order valence-electron chi connectivity index (χ1n) is 9.78. The van der Waals surface area contributed by atoms with Crippen molar-refractivity contribution in [2.45, 2.75) is 70.3 Å². The quantitative estimate of drug-likeness (QED) is 0.199. The summed E-state index contributed by atoms with van der Waals surface area (Å²) in [5.74, 6) is -3.43. The van der Waals surface area contributed by atoms with Crippen molar-refractivity contribution in [3.05, 3.63) is 0 Å². The summed E-state index contributed by atoms with van der Waals surface area (Å²) in [6.07, 6.45) is 0.816. The largest absolute Gasteiger partial charge is 0.480 e. The molecule has 10 nitrogen and oxygen atoms in total. The number of aliphatic hydroxyl groups excluding tert-OH is 1. The molecule has 1 heterocycles. The Kier molecular flexibility index (Phi) is 10.4. The smallest absolute Gasteiger partial charge is 0.326 e. The monoisotopic (exact) mass is 432 g/mol. The second kappa shape index (κ2) is 12.0. The van der Waals surface area contributed by atoms with E-state index in [-0.39, 0.29) is 11.7 Å². The van der Waals surface area contributed by atoms with Crippen LogP contribution in [0.15, 0.2) is 0 Å². The molecule has 0 radical (unpaired) electrons. The molecule has 1 aliphatic rings. The number of nitrogens with one attached hydrogen (secondary N) is 4. The maximum Gasteiger partial charge on any atom is 0.326 e. The zero-order valence-corrected chi connectivity index (χ0v) is 17.9. The molecule has 0 aliphatic carbocycles. The number of carboxylic acids is 1. The van der Waals surface area contributed by atoms with Crippen LogP contribution in [0.3, 0.4) is 0 Å². The Morgan fingerprint density at radius 2 is 1.76 bits per heavy atom. The Bertz CT molecular complexity index is 597. The van der Waals surface area contributed by atoms with E-state index < -0.39 is 54.0 Å². The lowest BCUT2D eigenvalue weighted by atomic mass is 9.99. The van der Waals surface area contributed by atoms with Gasteiger partial charge >= 0.3 is 5.97 Å². The molecule has 0 saturated carbocycles. The number of amides is 3. The lowest BCUT2D eigenvalue weighted by molar-refractivity contribution is -0.143. The van der Waals surface area contributed by atoms with Crippen LogP contribution < -0.4 is 21.3 Å². The predicted octanol–water partition coefficient (Wildman–Crippen LogP) is -1.37. The number of hydrogen-bond acceptors (Lipinski definition) is 7. The van der Waals surface area contributed by atoms with E-state index in [9.17, 15) is 29.4 Å². The fraction of sp³-hybridized carbons (Fsp3) is 0.778. The fourth-order valence-electron chi connectivity index (χ4n) is 2.96. The van der Waals surface area contributed by atoms with Gasteiger partial charge in [0.25, 0.3) is 0 Å². The van der Waals surface area contributed by atoms with Gasteiger partial charge in [-0.1, -0.05) is 20.3 Å². The van der Waals surface area contributed by atoms with Crippen molar-refractivity contribution >= 4 is 36.3 Å². The summed E-state index contributed by atoms with van der Waals surface area (Å²) in [7, 11) is 0. The molecule has 0 aromatic carbocycles. The minimum Gasteiger partial charge on any atom is -0.480 e.